The van der Waals surface area contributed by atoms with Crippen molar-refractivity contribution in [2.75, 3.05) is 43.3 Å². The van der Waals surface area contributed by atoms with Gasteiger partial charge in [-0.1, -0.05) is 24.3 Å². The van der Waals surface area contributed by atoms with Gasteiger partial charge < -0.3 is 14.5 Å². The minimum atomic E-state index is -3.29. The van der Waals surface area contributed by atoms with E-state index in [-0.39, 0.29) is 0 Å². The summed E-state index contributed by atoms with van der Waals surface area (Å²) in [6.07, 6.45) is 5.52. The Morgan fingerprint density at radius 3 is 2.41 bits per heavy atom. The van der Waals surface area contributed by atoms with E-state index in [1.807, 2.05) is 26.2 Å². The highest BCUT2D eigenvalue weighted by atomic mass is 32.2. The van der Waals surface area contributed by atoms with Gasteiger partial charge in [0.05, 0.1) is 16.9 Å². The molecular weight excluding hydrogens is 384 g/mol. The maximum atomic E-state index is 12.2. The third-order valence-electron chi connectivity index (χ3n) is 6.44. The molecule has 6 heteroatoms. The molecule has 4 rings (SSSR count). The summed E-state index contributed by atoms with van der Waals surface area (Å²) in [6.45, 7) is 5.68. The van der Waals surface area contributed by atoms with Gasteiger partial charge in [0.25, 0.3) is 0 Å². The summed E-state index contributed by atoms with van der Waals surface area (Å²) in [6, 6.07) is 13.8. The van der Waals surface area contributed by atoms with E-state index in [0.717, 1.165) is 29.0 Å². The quantitative estimate of drug-likeness (QED) is 0.767. The molecule has 2 aliphatic heterocycles. The molecule has 2 heterocycles. The number of hydrogen-bond acceptors (Lipinski definition) is 5. The molecule has 2 atom stereocenters. The lowest BCUT2D eigenvalue weighted by Gasteiger charge is -2.39. The number of anilines is 2. The van der Waals surface area contributed by atoms with Crippen molar-refractivity contribution in [3.63, 3.8) is 0 Å². The maximum Gasteiger partial charge on any atom is 0.175 e. The molecule has 29 heavy (non-hydrogen) atoms. The topological polar surface area (TPSA) is 49.9 Å². The molecular formula is C23H28N2O3S. The number of sulfone groups is 1. The van der Waals surface area contributed by atoms with Crippen LogP contribution in [0.25, 0.3) is 6.08 Å². The molecule has 0 N–H and O–H groups in total. The molecule has 1 fully saturated rings. The first-order chi connectivity index (χ1) is 13.6. The predicted octanol–water partition coefficient (Wildman–Crippen LogP) is 3.69. The molecule has 154 valence electrons. The molecule has 0 bridgehead atoms. The Balaban J connectivity index is 1.80. The zero-order valence-electron chi connectivity index (χ0n) is 17.6. The number of rotatable bonds is 4. The van der Waals surface area contributed by atoms with Crippen LogP contribution in [0.15, 0.2) is 53.4 Å². The zero-order valence-corrected chi connectivity index (χ0v) is 18.5. The predicted molar refractivity (Wildman–Crippen MR) is 118 cm³/mol. The van der Waals surface area contributed by atoms with Gasteiger partial charge in [-0.05, 0) is 55.3 Å². The van der Waals surface area contributed by atoms with E-state index < -0.39 is 21.0 Å². The Labute approximate surface area is 173 Å². The first-order valence-electron chi connectivity index (χ1n) is 9.79. The summed E-state index contributed by atoms with van der Waals surface area (Å²) in [5, 5.41) is 0. The van der Waals surface area contributed by atoms with Crippen molar-refractivity contribution in [3.05, 3.63) is 59.7 Å². The van der Waals surface area contributed by atoms with E-state index in [4.69, 9.17) is 4.74 Å². The van der Waals surface area contributed by atoms with Crippen molar-refractivity contribution in [2.24, 2.45) is 0 Å². The van der Waals surface area contributed by atoms with Gasteiger partial charge in [-0.25, -0.2) is 8.42 Å². The fraction of sp³-hybridized carbons (Fsp3) is 0.391. The van der Waals surface area contributed by atoms with Crippen LogP contribution in [0.5, 0.6) is 0 Å². The SMILES string of the molecule is CN(C)c1ccc(/C=C/C2(C)c3cc(S(C)(=O)=O)ccc3N3CCOC32C)cc1. The van der Waals surface area contributed by atoms with Crippen molar-refractivity contribution in [1.29, 1.82) is 0 Å². The number of hydrogen-bond donors (Lipinski definition) is 0. The van der Waals surface area contributed by atoms with Crippen LogP contribution < -0.4 is 9.80 Å². The summed E-state index contributed by atoms with van der Waals surface area (Å²) >= 11 is 0. The lowest BCUT2D eigenvalue weighted by atomic mass is 9.76. The van der Waals surface area contributed by atoms with Gasteiger partial charge in [0.15, 0.2) is 15.6 Å². The number of nitrogens with zero attached hydrogens (tertiary/aromatic N) is 2. The van der Waals surface area contributed by atoms with Crippen LogP contribution in [0, 0.1) is 0 Å². The Bertz CT molecular complexity index is 1080. The van der Waals surface area contributed by atoms with Gasteiger partial charge in [-0.2, -0.15) is 0 Å². The lowest BCUT2D eigenvalue weighted by molar-refractivity contribution is -0.0146. The van der Waals surface area contributed by atoms with Crippen molar-refractivity contribution in [2.45, 2.75) is 29.9 Å². The molecule has 2 aliphatic rings. The highest BCUT2D eigenvalue weighted by Gasteiger charge is 2.58. The molecule has 2 aromatic rings. The van der Waals surface area contributed by atoms with Crippen LogP contribution in [0.4, 0.5) is 11.4 Å². The normalized spacial score (nSPS) is 26.0. The molecule has 5 nitrogen and oxygen atoms in total. The average molecular weight is 413 g/mol. The van der Waals surface area contributed by atoms with Crippen LogP contribution in [-0.2, 0) is 20.0 Å². The summed E-state index contributed by atoms with van der Waals surface area (Å²) in [4.78, 5) is 4.67. The van der Waals surface area contributed by atoms with Crippen molar-refractivity contribution < 1.29 is 13.2 Å². The van der Waals surface area contributed by atoms with Crippen molar-refractivity contribution in [1.82, 2.24) is 0 Å². The minimum Gasteiger partial charge on any atom is -0.378 e. The number of ether oxygens (including phenoxy) is 1. The highest BCUT2D eigenvalue weighted by Crippen LogP contribution is 2.55. The van der Waals surface area contributed by atoms with Crippen LogP contribution >= 0.6 is 0 Å². The average Bonchev–Trinajstić information content (AvgIpc) is 3.14. The standard InChI is InChI=1S/C23H28N2O3S/c1-22(13-12-17-6-8-18(9-7-17)24(3)4)20-16-19(29(5,26)27)10-11-21(20)25-14-15-28-23(22,25)2/h6-13,16H,14-15H2,1-5H3/b13-12+. The molecule has 2 unspecified atom stereocenters. The van der Waals surface area contributed by atoms with E-state index in [1.165, 1.54) is 6.26 Å². The van der Waals surface area contributed by atoms with Crippen LogP contribution in [-0.4, -0.2) is 47.6 Å². The molecule has 0 spiro atoms. The number of fused-ring (bicyclic) bond motifs is 3. The van der Waals surface area contributed by atoms with Gasteiger partial charge in [-0.15, -0.1) is 0 Å². The third kappa shape index (κ3) is 3.06. The zero-order chi connectivity index (χ0) is 21.0. The van der Waals surface area contributed by atoms with E-state index in [1.54, 1.807) is 6.07 Å². The smallest absolute Gasteiger partial charge is 0.175 e. The minimum absolute atomic E-state index is 0.344. The van der Waals surface area contributed by atoms with Crippen molar-refractivity contribution in [3.8, 4) is 0 Å². The second kappa shape index (κ2) is 6.61. The van der Waals surface area contributed by atoms with Crippen LogP contribution in [0.1, 0.15) is 25.0 Å². The summed E-state index contributed by atoms with van der Waals surface area (Å²) < 4.78 is 30.6. The molecule has 0 radical (unpaired) electrons. The highest BCUT2D eigenvalue weighted by molar-refractivity contribution is 7.90. The largest absolute Gasteiger partial charge is 0.378 e. The van der Waals surface area contributed by atoms with E-state index >= 15 is 0 Å². The molecule has 0 saturated carbocycles. The fourth-order valence-electron chi connectivity index (χ4n) is 4.45. The van der Waals surface area contributed by atoms with Crippen molar-refractivity contribution >= 4 is 27.3 Å². The monoisotopic (exact) mass is 412 g/mol. The number of benzene rings is 2. The fourth-order valence-corrected chi connectivity index (χ4v) is 5.09. The molecule has 1 saturated heterocycles. The van der Waals surface area contributed by atoms with Gasteiger partial charge in [-0.3, -0.25) is 0 Å². The third-order valence-corrected chi connectivity index (χ3v) is 7.55. The summed E-state index contributed by atoms with van der Waals surface area (Å²) in [7, 11) is 0.757. The molecule has 0 aromatic heterocycles. The Hall–Kier alpha value is -2.31. The van der Waals surface area contributed by atoms with E-state index in [0.29, 0.717) is 11.5 Å². The van der Waals surface area contributed by atoms with Gasteiger partial charge in [0, 0.05) is 38.3 Å². The first kappa shape index (κ1) is 20.0. The Morgan fingerprint density at radius 2 is 1.79 bits per heavy atom. The van der Waals surface area contributed by atoms with E-state index in [9.17, 15) is 8.42 Å². The van der Waals surface area contributed by atoms with E-state index in [2.05, 4.69) is 60.1 Å². The summed E-state index contributed by atoms with van der Waals surface area (Å²) in [5.41, 5.74) is 3.24. The summed E-state index contributed by atoms with van der Waals surface area (Å²) in [5.74, 6) is 0. The maximum absolute atomic E-state index is 12.2. The second-order valence-corrected chi connectivity index (χ2v) is 10.5. The first-order valence-corrected chi connectivity index (χ1v) is 11.7. The lowest BCUT2D eigenvalue weighted by Crippen LogP contribution is -2.51. The van der Waals surface area contributed by atoms with Gasteiger partial charge in [0.1, 0.15) is 0 Å². The van der Waals surface area contributed by atoms with Crippen LogP contribution in [0.2, 0.25) is 0 Å². The molecule has 2 aromatic carbocycles. The molecule has 0 amide bonds. The van der Waals surface area contributed by atoms with Gasteiger partial charge in [0.2, 0.25) is 0 Å². The molecule has 0 aliphatic carbocycles. The van der Waals surface area contributed by atoms with Gasteiger partial charge >= 0.3 is 0 Å². The Morgan fingerprint density at radius 1 is 1.10 bits per heavy atom. The van der Waals surface area contributed by atoms with Crippen LogP contribution in [0.3, 0.4) is 0 Å². The Kier molecular flexibility index (Phi) is 4.55. The second-order valence-electron chi connectivity index (χ2n) is 8.46.